The van der Waals surface area contributed by atoms with E-state index in [1.54, 1.807) is 13.8 Å². The van der Waals surface area contributed by atoms with E-state index in [-0.39, 0.29) is 29.0 Å². The Bertz CT molecular complexity index is 582. The van der Waals surface area contributed by atoms with E-state index in [4.69, 9.17) is 4.74 Å². The summed E-state index contributed by atoms with van der Waals surface area (Å²) in [6, 6.07) is 0. The molecule has 0 spiro atoms. The SMILES string of the molecule is COC(=O)[C@@H]1CC[C@H](C2C(C(=O)O)=C(C)NC(C)=C2C(=O)O)C1. The lowest BCUT2D eigenvalue weighted by atomic mass is 9.75. The van der Waals surface area contributed by atoms with Gasteiger partial charge in [0.25, 0.3) is 0 Å². The fourth-order valence-electron chi connectivity index (χ4n) is 3.78. The van der Waals surface area contributed by atoms with Crippen molar-refractivity contribution in [2.75, 3.05) is 7.11 Å². The lowest BCUT2D eigenvalue weighted by molar-refractivity contribution is -0.145. The number of rotatable bonds is 4. The standard InChI is InChI=1S/C16H21NO6/c1-7-11(14(18)19)13(12(15(20)21)8(2)17-7)9-4-5-10(6-9)16(22)23-3/h9-10,13,17H,4-6H2,1-3H3,(H,18,19)(H,20,21)/t9-,10+/m0/s1. The van der Waals surface area contributed by atoms with Crippen LogP contribution in [0.25, 0.3) is 0 Å². The van der Waals surface area contributed by atoms with Crippen LogP contribution < -0.4 is 5.32 Å². The van der Waals surface area contributed by atoms with Gasteiger partial charge in [0.1, 0.15) is 0 Å². The van der Waals surface area contributed by atoms with E-state index in [9.17, 15) is 24.6 Å². The van der Waals surface area contributed by atoms with Crippen LogP contribution in [0.5, 0.6) is 0 Å². The third kappa shape index (κ3) is 3.09. The Morgan fingerprint density at radius 2 is 1.57 bits per heavy atom. The van der Waals surface area contributed by atoms with Gasteiger partial charge in [-0.1, -0.05) is 0 Å². The molecule has 2 atom stereocenters. The summed E-state index contributed by atoms with van der Waals surface area (Å²) in [5, 5.41) is 21.9. The fraction of sp³-hybridized carbons (Fsp3) is 0.562. The van der Waals surface area contributed by atoms with Gasteiger partial charge in [0, 0.05) is 17.3 Å². The Morgan fingerprint density at radius 1 is 1.04 bits per heavy atom. The fourth-order valence-corrected chi connectivity index (χ4v) is 3.78. The van der Waals surface area contributed by atoms with Crippen LogP contribution in [0.2, 0.25) is 0 Å². The molecule has 126 valence electrons. The van der Waals surface area contributed by atoms with Crippen LogP contribution >= 0.6 is 0 Å². The Kier molecular flexibility index (Phi) is 4.77. The molecule has 0 radical (unpaired) electrons. The first-order valence-corrected chi connectivity index (χ1v) is 7.50. The number of nitrogens with one attached hydrogen (secondary N) is 1. The van der Waals surface area contributed by atoms with E-state index < -0.39 is 17.9 Å². The van der Waals surface area contributed by atoms with Crippen LogP contribution in [0, 0.1) is 17.8 Å². The maximum atomic E-state index is 11.7. The number of aliphatic carboxylic acids is 2. The topological polar surface area (TPSA) is 113 Å². The highest BCUT2D eigenvalue weighted by molar-refractivity contribution is 5.96. The molecule has 0 bridgehead atoms. The third-order valence-corrected chi connectivity index (χ3v) is 4.74. The molecule has 0 amide bonds. The van der Waals surface area contributed by atoms with Gasteiger partial charge in [0.15, 0.2) is 0 Å². The number of ether oxygens (including phenoxy) is 1. The summed E-state index contributed by atoms with van der Waals surface area (Å²) in [5.41, 5.74) is 1.05. The number of hydrogen-bond donors (Lipinski definition) is 3. The maximum Gasteiger partial charge on any atom is 0.333 e. The Hall–Kier alpha value is -2.31. The molecule has 2 rings (SSSR count). The third-order valence-electron chi connectivity index (χ3n) is 4.74. The molecule has 3 N–H and O–H groups in total. The van der Waals surface area contributed by atoms with E-state index in [0.29, 0.717) is 30.7 Å². The molecule has 2 aliphatic rings. The van der Waals surface area contributed by atoms with Crippen LogP contribution in [0.4, 0.5) is 0 Å². The van der Waals surface area contributed by atoms with Crippen molar-refractivity contribution in [2.24, 2.45) is 17.8 Å². The predicted molar refractivity (Wildman–Crippen MR) is 80.1 cm³/mol. The molecule has 1 saturated carbocycles. The van der Waals surface area contributed by atoms with Gasteiger partial charge in [-0.2, -0.15) is 0 Å². The zero-order valence-electron chi connectivity index (χ0n) is 13.4. The normalized spacial score (nSPS) is 25.3. The number of carbonyl (C=O) groups excluding carboxylic acids is 1. The second-order valence-electron chi connectivity index (χ2n) is 6.08. The van der Waals surface area contributed by atoms with Crippen molar-refractivity contribution in [1.29, 1.82) is 0 Å². The highest BCUT2D eigenvalue weighted by Gasteiger charge is 2.44. The summed E-state index contributed by atoms with van der Waals surface area (Å²) in [7, 11) is 1.32. The molecule has 0 unspecified atom stereocenters. The van der Waals surface area contributed by atoms with Crippen LogP contribution in [0.15, 0.2) is 22.5 Å². The van der Waals surface area contributed by atoms with Crippen molar-refractivity contribution in [3.05, 3.63) is 22.5 Å². The van der Waals surface area contributed by atoms with Crippen molar-refractivity contribution in [2.45, 2.75) is 33.1 Å². The minimum Gasteiger partial charge on any atom is -0.478 e. The van der Waals surface area contributed by atoms with Gasteiger partial charge in [0.2, 0.25) is 0 Å². The number of carbonyl (C=O) groups is 3. The number of carboxylic acids is 2. The molecule has 1 aliphatic heterocycles. The van der Waals surface area contributed by atoms with Gasteiger partial charge in [-0.05, 0) is 39.0 Å². The van der Waals surface area contributed by atoms with Crippen molar-refractivity contribution < 1.29 is 29.3 Å². The molecular formula is C16H21NO6. The summed E-state index contributed by atoms with van der Waals surface area (Å²) in [6.07, 6.45) is 1.61. The molecule has 23 heavy (non-hydrogen) atoms. The first-order chi connectivity index (χ1) is 10.8. The Balaban J connectivity index is 2.41. The van der Waals surface area contributed by atoms with E-state index in [2.05, 4.69) is 5.32 Å². The number of allylic oxidation sites excluding steroid dienone is 2. The first kappa shape index (κ1) is 17.1. The second-order valence-corrected chi connectivity index (χ2v) is 6.08. The molecule has 0 aromatic rings. The van der Waals surface area contributed by atoms with E-state index in [1.165, 1.54) is 7.11 Å². The smallest absolute Gasteiger partial charge is 0.333 e. The molecule has 7 heteroatoms. The van der Waals surface area contributed by atoms with Crippen LogP contribution in [0.3, 0.4) is 0 Å². The van der Waals surface area contributed by atoms with Crippen LogP contribution in [-0.2, 0) is 19.1 Å². The largest absolute Gasteiger partial charge is 0.478 e. The van der Waals surface area contributed by atoms with Gasteiger partial charge in [-0.15, -0.1) is 0 Å². The zero-order valence-corrected chi connectivity index (χ0v) is 13.4. The minimum atomic E-state index is -1.13. The molecular weight excluding hydrogens is 302 g/mol. The highest BCUT2D eigenvalue weighted by atomic mass is 16.5. The minimum absolute atomic E-state index is 0.0727. The number of dihydropyridines is 1. The molecule has 0 aromatic heterocycles. The van der Waals surface area contributed by atoms with Crippen molar-refractivity contribution in [1.82, 2.24) is 5.32 Å². The molecule has 1 heterocycles. The van der Waals surface area contributed by atoms with E-state index >= 15 is 0 Å². The maximum absolute atomic E-state index is 11.7. The van der Waals surface area contributed by atoms with Gasteiger partial charge in [-0.25, -0.2) is 9.59 Å². The molecule has 0 aromatic carbocycles. The lowest BCUT2D eigenvalue weighted by Gasteiger charge is -2.32. The van der Waals surface area contributed by atoms with Gasteiger partial charge in [0.05, 0.1) is 24.2 Å². The predicted octanol–water partition coefficient (Wildman–Crippen LogP) is 1.51. The van der Waals surface area contributed by atoms with Crippen LogP contribution in [-0.4, -0.2) is 35.2 Å². The summed E-state index contributed by atoms with van der Waals surface area (Å²) in [5.74, 6) is -3.81. The van der Waals surface area contributed by atoms with Gasteiger partial charge < -0.3 is 20.3 Å². The van der Waals surface area contributed by atoms with Crippen LogP contribution in [0.1, 0.15) is 33.1 Å². The number of carboxylic acid groups (broad SMARTS) is 2. The summed E-state index contributed by atoms with van der Waals surface area (Å²) in [4.78, 5) is 35.1. The average molecular weight is 323 g/mol. The number of hydrogen-bond acceptors (Lipinski definition) is 5. The first-order valence-electron chi connectivity index (χ1n) is 7.50. The quantitative estimate of drug-likeness (QED) is 0.672. The zero-order chi connectivity index (χ0) is 17.3. The average Bonchev–Trinajstić information content (AvgIpc) is 2.94. The Morgan fingerprint density at radius 3 is 2.00 bits per heavy atom. The number of methoxy groups -OCH3 is 1. The second kappa shape index (κ2) is 6.44. The Labute approximate surface area is 134 Å². The molecule has 0 saturated heterocycles. The summed E-state index contributed by atoms with van der Waals surface area (Å²) < 4.78 is 4.75. The van der Waals surface area contributed by atoms with E-state index in [0.717, 1.165) is 0 Å². The molecule has 1 fully saturated rings. The summed E-state index contributed by atoms with van der Waals surface area (Å²) >= 11 is 0. The lowest BCUT2D eigenvalue weighted by Crippen LogP contribution is -2.35. The van der Waals surface area contributed by atoms with Gasteiger partial charge >= 0.3 is 17.9 Å². The van der Waals surface area contributed by atoms with E-state index in [1.807, 2.05) is 0 Å². The molecule has 1 aliphatic carbocycles. The van der Waals surface area contributed by atoms with Crippen molar-refractivity contribution in [3.8, 4) is 0 Å². The molecule has 7 nitrogen and oxygen atoms in total. The van der Waals surface area contributed by atoms with Gasteiger partial charge in [-0.3, -0.25) is 4.79 Å². The highest BCUT2D eigenvalue weighted by Crippen LogP contribution is 2.45. The van der Waals surface area contributed by atoms with Crippen molar-refractivity contribution in [3.63, 3.8) is 0 Å². The monoisotopic (exact) mass is 323 g/mol. The van der Waals surface area contributed by atoms with Crippen molar-refractivity contribution >= 4 is 17.9 Å². The summed E-state index contributed by atoms with van der Waals surface area (Å²) in [6.45, 7) is 3.26. The number of esters is 1.